The summed E-state index contributed by atoms with van der Waals surface area (Å²) in [6, 6.07) is 14.0. The van der Waals surface area contributed by atoms with Gasteiger partial charge in [-0.2, -0.15) is 0 Å². The highest BCUT2D eigenvalue weighted by atomic mass is 19.1. The summed E-state index contributed by atoms with van der Waals surface area (Å²) in [5.74, 6) is -0.405. The van der Waals surface area contributed by atoms with Crippen molar-refractivity contribution in [3.05, 3.63) is 77.3 Å². The van der Waals surface area contributed by atoms with E-state index in [9.17, 15) is 14.0 Å². The molecule has 0 saturated carbocycles. The molecular weight excluding hydrogens is 349 g/mol. The van der Waals surface area contributed by atoms with E-state index in [1.165, 1.54) is 12.1 Å². The topological polar surface area (TPSA) is 68.5 Å². The lowest BCUT2D eigenvalue weighted by atomic mass is 10.1. The summed E-state index contributed by atoms with van der Waals surface area (Å²) in [5.41, 5.74) is 1.61. The number of rotatable bonds is 5. The first-order chi connectivity index (χ1) is 13.0. The van der Waals surface area contributed by atoms with Crippen LogP contribution in [0, 0.1) is 12.7 Å². The summed E-state index contributed by atoms with van der Waals surface area (Å²) in [4.78, 5) is 24.7. The number of anilines is 1. The fraction of sp³-hybridized carbons (Fsp3) is 0.143. The van der Waals surface area contributed by atoms with E-state index < -0.39 is 11.9 Å². The molecule has 0 aliphatic heterocycles. The summed E-state index contributed by atoms with van der Waals surface area (Å²) < 4.78 is 23.7. The molecule has 138 valence electrons. The van der Waals surface area contributed by atoms with E-state index in [1.807, 2.05) is 0 Å². The van der Waals surface area contributed by atoms with Gasteiger partial charge in [0.25, 0.3) is 5.91 Å². The largest absolute Gasteiger partial charge is 0.462 e. The molecule has 1 heterocycles. The zero-order valence-corrected chi connectivity index (χ0v) is 14.9. The van der Waals surface area contributed by atoms with Crippen molar-refractivity contribution in [1.29, 1.82) is 0 Å². The molecule has 0 bridgehead atoms. The number of halogens is 1. The van der Waals surface area contributed by atoms with Crippen molar-refractivity contribution in [1.82, 2.24) is 0 Å². The average Bonchev–Trinajstić information content (AvgIpc) is 3.05. The van der Waals surface area contributed by atoms with Crippen LogP contribution in [0.1, 0.15) is 33.4 Å². The van der Waals surface area contributed by atoms with Crippen LogP contribution in [0.15, 0.2) is 59.0 Å². The highest BCUT2D eigenvalue weighted by molar-refractivity contribution is 6.08. The summed E-state index contributed by atoms with van der Waals surface area (Å²) in [7, 11) is 0. The number of furan rings is 1. The van der Waals surface area contributed by atoms with E-state index in [4.69, 9.17) is 9.15 Å². The Labute approximate surface area is 155 Å². The lowest BCUT2D eigenvalue weighted by molar-refractivity contribution is 0.0527. The van der Waals surface area contributed by atoms with E-state index in [0.717, 1.165) is 0 Å². The minimum absolute atomic E-state index is 0.239. The maximum Gasteiger partial charge on any atom is 0.340 e. The molecule has 5 nitrogen and oxygen atoms in total. The Hall–Kier alpha value is -3.41. The molecule has 0 saturated heterocycles. The van der Waals surface area contributed by atoms with Crippen LogP contribution in [0.25, 0.3) is 11.3 Å². The Bertz CT molecular complexity index is 976. The van der Waals surface area contributed by atoms with E-state index >= 15 is 0 Å². The van der Waals surface area contributed by atoms with Gasteiger partial charge in [-0.15, -0.1) is 0 Å². The summed E-state index contributed by atoms with van der Waals surface area (Å²) in [5, 5.41) is 2.72. The molecule has 1 amide bonds. The molecule has 1 aromatic heterocycles. The number of hydrogen-bond acceptors (Lipinski definition) is 4. The Morgan fingerprint density at radius 2 is 1.78 bits per heavy atom. The molecular formula is C21H18FNO4. The number of carbonyl (C=O) groups excluding carboxylic acids is 2. The van der Waals surface area contributed by atoms with Gasteiger partial charge >= 0.3 is 5.97 Å². The molecule has 6 heteroatoms. The molecule has 3 rings (SSSR count). The van der Waals surface area contributed by atoms with Crippen molar-refractivity contribution in [2.75, 3.05) is 11.9 Å². The maximum absolute atomic E-state index is 13.1. The van der Waals surface area contributed by atoms with Crippen LogP contribution < -0.4 is 5.32 Å². The lowest BCUT2D eigenvalue weighted by Gasteiger charge is -2.09. The Kier molecular flexibility index (Phi) is 5.35. The smallest absolute Gasteiger partial charge is 0.340 e. The maximum atomic E-state index is 13.1. The number of amides is 1. The van der Waals surface area contributed by atoms with Gasteiger partial charge in [-0.1, -0.05) is 12.1 Å². The minimum Gasteiger partial charge on any atom is -0.462 e. The SMILES string of the molecule is CCOC(=O)c1ccccc1NC(=O)c1cc(-c2ccc(F)cc2)oc1C. The van der Waals surface area contributed by atoms with Gasteiger partial charge < -0.3 is 14.5 Å². The molecule has 0 radical (unpaired) electrons. The van der Waals surface area contributed by atoms with Gasteiger partial charge in [0.15, 0.2) is 0 Å². The molecule has 0 atom stereocenters. The number of carbonyl (C=O) groups is 2. The van der Waals surface area contributed by atoms with E-state index in [-0.39, 0.29) is 18.0 Å². The zero-order chi connectivity index (χ0) is 19.4. The van der Waals surface area contributed by atoms with Crippen molar-refractivity contribution in [3.8, 4) is 11.3 Å². The van der Waals surface area contributed by atoms with Gasteiger partial charge in [-0.25, -0.2) is 9.18 Å². The number of ether oxygens (including phenoxy) is 1. The van der Waals surface area contributed by atoms with E-state index in [0.29, 0.717) is 28.3 Å². The standard InChI is InChI=1S/C21H18FNO4/c1-3-26-21(25)16-6-4-5-7-18(16)23-20(24)17-12-19(27-13(17)2)14-8-10-15(22)11-9-14/h4-12H,3H2,1-2H3,(H,23,24). The lowest BCUT2D eigenvalue weighted by Crippen LogP contribution is -2.16. The fourth-order valence-electron chi connectivity index (χ4n) is 2.63. The molecule has 27 heavy (non-hydrogen) atoms. The van der Waals surface area contributed by atoms with Crippen molar-refractivity contribution >= 4 is 17.6 Å². The van der Waals surface area contributed by atoms with Crippen LogP contribution in [0.3, 0.4) is 0 Å². The summed E-state index contributed by atoms with van der Waals surface area (Å²) in [6.07, 6.45) is 0. The van der Waals surface area contributed by atoms with Crippen LogP contribution in [-0.2, 0) is 4.74 Å². The first-order valence-corrected chi connectivity index (χ1v) is 8.43. The number of nitrogens with one attached hydrogen (secondary N) is 1. The fourth-order valence-corrected chi connectivity index (χ4v) is 2.63. The second-order valence-corrected chi connectivity index (χ2v) is 5.81. The van der Waals surface area contributed by atoms with Crippen molar-refractivity contribution in [2.45, 2.75) is 13.8 Å². The Morgan fingerprint density at radius 3 is 2.48 bits per heavy atom. The molecule has 0 aliphatic carbocycles. The molecule has 3 aromatic rings. The third-order valence-electron chi connectivity index (χ3n) is 3.96. The Balaban J connectivity index is 1.86. The third kappa shape index (κ3) is 4.06. The molecule has 2 aromatic carbocycles. The van der Waals surface area contributed by atoms with Crippen LogP contribution in [0.5, 0.6) is 0 Å². The summed E-state index contributed by atoms with van der Waals surface area (Å²) >= 11 is 0. The van der Waals surface area contributed by atoms with Crippen LogP contribution in [-0.4, -0.2) is 18.5 Å². The molecule has 0 spiro atoms. The Morgan fingerprint density at radius 1 is 1.07 bits per heavy atom. The van der Waals surface area contributed by atoms with Gasteiger partial charge in [-0.3, -0.25) is 4.79 Å². The quantitative estimate of drug-likeness (QED) is 0.656. The van der Waals surface area contributed by atoms with Crippen LogP contribution in [0.2, 0.25) is 0 Å². The van der Waals surface area contributed by atoms with Crippen LogP contribution in [0.4, 0.5) is 10.1 Å². The van der Waals surface area contributed by atoms with Gasteiger partial charge in [0, 0.05) is 5.56 Å². The molecule has 0 fully saturated rings. The first kappa shape index (κ1) is 18.4. The highest BCUT2D eigenvalue weighted by Crippen LogP contribution is 2.27. The van der Waals surface area contributed by atoms with E-state index in [2.05, 4.69) is 5.32 Å². The number of hydrogen-bond donors (Lipinski definition) is 1. The first-order valence-electron chi connectivity index (χ1n) is 8.43. The molecule has 0 unspecified atom stereocenters. The third-order valence-corrected chi connectivity index (χ3v) is 3.96. The van der Waals surface area contributed by atoms with E-state index in [1.54, 1.807) is 56.3 Å². The second kappa shape index (κ2) is 7.86. The molecule has 1 N–H and O–H groups in total. The van der Waals surface area contributed by atoms with Crippen molar-refractivity contribution in [3.63, 3.8) is 0 Å². The van der Waals surface area contributed by atoms with Crippen molar-refractivity contribution < 1.29 is 23.1 Å². The zero-order valence-electron chi connectivity index (χ0n) is 14.9. The predicted octanol–water partition coefficient (Wildman–Crippen LogP) is 4.82. The summed E-state index contributed by atoms with van der Waals surface area (Å²) in [6.45, 7) is 3.62. The normalized spacial score (nSPS) is 10.5. The highest BCUT2D eigenvalue weighted by Gasteiger charge is 2.19. The van der Waals surface area contributed by atoms with Gasteiger partial charge in [0.05, 0.1) is 23.4 Å². The number of aryl methyl sites for hydroxylation is 1. The monoisotopic (exact) mass is 367 g/mol. The number of benzene rings is 2. The minimum atomic E-state index is -0.510. The van der Waals surface area contributed by atoms with Gasteiger partial charge in [-0.05, 0) is 56.3 Å². The number of esters is 1. The van der Waals surface area contributed by atoms with Gasteiger partial charge in [0.1, 0.15) is 17.3 Å². The number of para-hydroxylation sites is 1. The molecule has 0 aliphatic rings. The average molecular weight is 367 g/mol. The van der Waals surface area contributed by atoms with Crippen LogP contribution >= 0.6 is 0 Å². The van der Waals surface area contributed by atoms with Crippen molar-refractivity contribution in [2.24, 2.45) is 0 Å². The second-order valence-electron chi connectivity index (χ2n) is 5.81. The predicted molar refractivity (Wildman–Crippen MR) is 99.2 cm³/mol. The van der Waals surface area contributed by atoms with Gasteiger partial charge in [0.2, 0.25) is 0 Å².